The molecule has 1 amide bonds. The lowest BCUT2D eigenvalue weighted by molar-refractivity contribution is -0.384. The Kier molecular flexibility index (Phi) is 13.4. The second-order valence-electron chi connectivity index (χ2n) is 16.6. The Bertz CT molecular complexity index is 2160. The van der Waals surface area contributed by atoms with Crippen molar-refractivity contribution in [2.24, 2.45) is 22.9 Å². The highest BCUT2D eigenvalue weighted by molar-refractivity contribution is 6.03. The summed E-state index contributed by atoms with van der Waals surface area (Å²) in [6, 6.07) is 16.5. The first-order chi connectivity index (χ1) is 30.2. The maximum atomic E-state index is 14.7. The summed E-state index contributed by atoms with van der Waals surface area (Å²) in [7, 11) is 1.75. The molecule has 2 aliphatic carbocycles. The van der Waals surface area contributed by atoms with Crippen LogP contribution in [0.2, 0.25) is 0 Å². The molecule has 6 atom stereocenters. The molecule has 5 aliphatic rings. The van der Waals surface area contributed by atoms with Crippen LogP contribution in [0.25, 0.3) is 0 Å². The van der Waals surface area contributed by atoms with Gasteiger partial charge >= 0.3 is 0 Å². The number of fused-ring (bicyclic) bond motifs is 3. The van der Waals surface area contributed by atoms with E-state index in [9.17, 15) is 25.1 Å². The van der Waals surface area contributed by atoms with E-state index in [1.54, 1.807) is 48.4 Å². The number of allylic oxidation sites excluding steroid dienone is 1. The maximum Gasteiger partial charge on any atom is 0.269 e. The first-order valence-electron chi connectivity index (χ1n) is 21.7. The fraction of sp³-hybridized carbons (Fsp3) is 0.489. The normalized spacial score (nSPS) is 24.9. The number of ether oxygens (including phenoxy) is 5. The Morgan fingerprint density at radius 3 is 2.52 bits per heavy atom. The topological polar surface area (TPSA) is 175 Å². The zero-order chi connectivity index (χ0) is 43.2. The molecule has 15 heteroatoms. The summed E-state index contributed by atoms with van der Waals surface area (Å²) >= 11 is 0. The fourth-order valence-corrected chi connectivity index (χ4v) is 9.68. The third-order valence-electron chi connectivity index (χ3n) is 12.8. The zero-order valence-electron chi connectivity index (χ0n) is 35.2. The third-order valence-corrected chi connectivity index (χ3v) is 12.8. The van der Waals surface area contributed by atoms with Gasteiger partial charge in [-0.1, -0.05) is 30.1 Å². The highest BCUT2D eigenvalue weighted by atomic mass is 16.7. The van der Waals surface area contributed by atoms with Crippen LogP contribution < -0.4 is 18.9 Å². The second kappa shape index (κ2) is 19.3. The molecule has 3 aliphatic heterocycles. The van der Waals surface area contributed by atoms with Crippen LogP contribution in [-0.4, -0.2) is 108 Å². The SMILES string of the molecule is C=CCO[C@@]12Oc3ccc(OCCN4CC4)cc3[C@H]3[C@H](CCCCO)[C@@H](CCCCO)C=C(C(=NOCc4ccc([N+](=O)[O-])cc4)C[C@@H]1N(C)C(=O)c1ccc4c(c1)OCO4)[C@H]32. The van der Waals surface area contributed by atoms with Gasteiger partial charge in [0.25, 0.3) is 11.6 Å². The number of non-ortho nitro benzene ring substituents is 1. The minimum Gasteiger partial charge on any atom is -0.492 e. The van der Waals surface area contributed by atoms with Crippen LogP contribution in [0.15, 0.2) is 90.1 Å². The van der Waals surface area contributed by atoms with E-state index in [4.69, 9.17) is 33.7 Å². The molecule has 8 rings (SSSR count). The highest BCUT2D eigenvalue weighted by Crippen LogP contribution is 2.62. The average molecular weight is 853 g/mol. The summed E-state index contributed by atoms with van der Waals surface area (Å²) in [5, 5.41) is 36.0. The van der Waals surface area contributed by atoms with Crippen LogP contribution in [0.5, 0.6) is 23.0 Å². The average Bonchev–Trinajstić information content (AvgIpc) is 3.99. The lowest BCUT2D eigenvalue weighted by Gasteiger charge is -2.59. The molecule has 2 N–H and O–H groups in total. The predicted octanol–water partition coefficient (Wildman–Crippen LogP) is 6.62. The standard InChI is InChI=1S/C47H56N4O11/c1-3-23-60-47-43(49(2)46(54)33-12-16-41-42(26-33)59-30-58-41)28-39(48-61-29-31-10-13-34(14-11-31)51(55)56)37-25-32(8-4-6-21-52)36(9-5-7-22-53)44(45(37)47)38-27-35(15-17-40(38)62-47)57-24-20-50-18-19-50/h3,10-17,25-27,32,36,43-45,52-53H,1,4-9,18-24,28-30H2,2H3/t32-,36+,43-,44+,45+,47+/m0/s1. The molecule has 0 aromatic heterocycles. The minimum absolute atomic E-state index is 0.0211. The van der Waals surface area contributed by atoms with Gasteiger partial charge in [0.1, 0.15) is 30.8 Å². The van der Waals surface area contributed by atoms with Gasteiger partial charge in [0.05, 0.1) is 23.2 Å². The Labute approximate surface area is 361 Å². The van der Waals surface area contributed by atoms with Gasteiger partial charge in [-0.05, 0) is 97.2 Å². The minimum atomic E-state index is -1.43. The number of nitro benzene ring substituents is 1. The third kappa shape index (κ3) is 9.03. The van der Waals surface area contributed by atoms with E-state index in [1.165, 1.54) is 12.1 Å². The number of nitrogens with zero attached hydrogens (tertiary/aromatic N) is 4. The number of nitro groups is 1. The molecule has 0 spiro atoms. The van der Waals surface area contributed by atoms with E-state index in [2.05, 4.69) is 23.6 Å². The monoisotopic (exact) mass is 852 g/mol. The van der Waals surface area contributed by atoms with Gasteiger partial charge in [0.15, 0.2) is 11.5 Å². The number of benzene rings is 3. The number of carbonyl (C=O) groups is 1. The molecule has 2 fully saturated rings. The van der Waals surface area contributed by atoms with Crippen molar-refractivity contribution < 1.29 is 48.5 Å². The molecule has 3 aromatic carbocycles. The molecule has 15 nitrogen and oxygen atoms in total. The molecule has 0 unspecified atom stereocenters. The lowest BCUT2D eigenvalue weighted by Crippen LogP contribution is -2.69. The molecule has 62 heavy (non-hydrogen) atoms. The molecule has 1 saturated carbocycles. The number of carbonyl (C=O) groups excluding carboxylic acids is 1. The van der Waals surface area contributed by atoms with E-state index >= 15 is 0 Å². The lowest BCUT2D eigenvalue weighted by atomic mass is 9.55. The van der Waals surface area contributed by atoms with Crippen molar-refractivity contribution in [3.63, 3.8) is 0 Å². The second-order valence-corrected chi connectivity index (χ2v) is 16.6. The molecule has 330 valence electrons. The Morgan fingerprint density at radius 1 is 1.02 bits per heavy atom. The van der Waals surface area contributed by atoms with E-state index in [-0.39, 0.29) is 69.0 Å². The number of unbranched alkanes of at least 4 members (excludes halogenated alkanes) is 2. The Morgan fingerprint density at radius 2 is 1.77 bits per heavy atom. The van der Waals surface area contributed by atoms with Gasteiger partial charge in [-0.15, -0.1) is 6.58 Å². The largest absolute Gasteiger partial charge is 0.492 e. The van der Waals surface area contributed by atoms with Crippen LogP contribution in [0.3, 0.4) is 0 Å². The number of aliphatic hydroxyl groups is 2. The maximum absolute atomic E-state index is 14.7. The van der Waals surface area contributed by atoms with Crippen LogP contribution >= 0.6 is 0 Å². The van der Waals surface area contributed by atoms with Crippen LogP contribution in [0.1, 0.15) is 72.3 Å². The Hall–Kier alpha value is -5.48. The molecule has 1 saturated heterocycles. The van der Waals surface area contributed by atoms with Crippen molar-refractivity contribution in [1.82, 2.24) is 9.80 Å². The summed E-state index contributed by atoms with van der Waals surface area (Å²) < 4.78 is 31.9. The number of hydrogen-bond donors (Lipinski definition) is 2. The van der Waals surface area contributed by atoms with Crippen LogP contribution in [0, 0.1) is 27.9 Å². The van der Waals surface area contributed by atoms with Crippen molar-refractivity contribution in [2.75, 3.05) is 59.9 Å². The molecule has 0 bridgehead atoms. The van der Waals surface area contributed by atoms with E-state index in [1.807, 2.05) is 12.1 Å². The van der Waals surface area contributed by atoms with Crippen LogP contribution in [0.4, 0.5) is 5.69 Å². The first-order valence-corrected chi connectivity index (χ1v) is 21.7. The van der Waals surface area contributed by atoms with Crippen molar-refractivity contribution in [3.05, 3.63) is 112 Å². The molecule has 0 radical (unpaired) electrons. The Balaban J connectivity index is 1.26. The van der Waals surface area contributed by atoms with Gasteiger partial charge in [0, 0.05) is 75.5 Å². The van der Waals surface area contributed by atoms with Crippen molar-refractivity contribution in [3.8, 4) is 23.0 Å². The molecular weight excluding hydrogens is 797 g/mol. The first kappa shape index (κ1) is 43.2. The smallest absolute Gasteiger partial charge is 0.269 e. The number of amides is 1. The summed E-state index contributed by atoms with van der Waals surface area (Å²) in [5.41, 5.74) is 3.58. The number of oxime groups is 1. The van der Waals surface area contributed by atoms with Crippen molar-refractivity contribution in [2.45, 2.75) is 69.3 Å². The van der Waals surface area contributed by atoms with Gasteiger partial charge in [0.2, 0.25) is 12.6 Å². The molecular formula is C47H56N4O11. The zero-order valence-corrected chi connectivity index (χ0v) is 35.2. The summed E-state index contributed by atoms with van der Waals surface area (Å²) in [6.07, 6.45) is 8.68. The van der Waals surface area contributed by atoms with Crippen molar-refractivity contribution in [1.29, 1.82) is 0 Å². The predicted molar refractivity (Wildman–Crippen MR) is 229 cm³/mol. The molecule has 3 aromatic rings. The number of rotatable bonds is 21. The summed E-state index contributed by atoms with van der Waals surface area (Å²) in [6.45, 7) is 7.98. The van der Waals surface area contributed by atoms with Gasteiger partial charge in [-0.3, -0.25) is 19.8 Å². The van der Waals surface area contributed by atoms with E-state index in [0.29, 0.717) is 53.5 Å². The van der Waals surface area contributed by atoms with Gasteiger partial charge < -0.3 is 43.6 Å². The van der Waals surface area contributed by atoms with Gasteiger partial charge in [-0.2, -0.15) is 0 Å². The van der Waals surface area contributed by atoms with E-state index in [0.717, 1.165) is 62.2 Å². The quantitative estimate of drug-likeness (QED) is 0.0386. The number of hydrogen-bond acceptors (Lipinski definition) is 13. The summed E-state index contributed by atoms with van der Waals surface area (Å²) in [5.74, 6) is 0.0975. The number of likely N-dealkylation sites (N-methyl/N-ethyl adjacent to an activating group) is 1. The number of aliphatic hydroxyl groups excluding tert-OH is 2. The van der Waals surface area contributed by atoms with Crippen molar-refractivity contribution >= 4 is 17.3 Å². The highest BCUT2D eigenvalue weighted by Gasteiger charge is 2.65. The molecule has 3 heterocycles. The van der Waals surface area contributed by atoms with E-state index < -0.39 is 22.7 Å². The van der Waals surface area contributed by atoms with Crippen LogP contribution in [-0.2, 0) is 16.2 Å². The summed E-state index contributed by atoms with van der Waals surface area (Å²) in [4.78, 5) is 35.7. The van der Waals surface area contributed by atoms with Gasteiger partial charge in [-0.25, -0.2) is 0 Å². The fourth-order valence-electron chi connectivity index (χ4n) is 9.68.